The molecule has 3 N–H and O–H groups in total. The van der Waals surface area contributed by atoms with Crippen molar-refractivity contribution >= 4 is 33.9 Å². The lowest BCUT2D eigenvalue weighted by atomic mass is 10.1. The van der Waals surface area contributed by atoms with E-state index >= 15 is 0 Å². The zero-order valence-electron chi connectivity index (χ0n) is 24.4. The predicted octanol–water partition coefficient (Wildman–Crippen LogP) is 4.68. The van der Waals surface area contributed by atoms with Crippen molar-refractivity contribution in [2.24, 2.45) is 5.10 Å². The third-order valence-corrected chi connectivity index (χ3v) is 7.87. The van der Waals surface area contributed by atoms with Gasteiger partial charge >= 0.3 is 0 Å². The van der Waals surface area contributed by atoms with Crippen molar-refractivity contribution in [1.29, 1.82) is 0 Å². The Morgan fingerprint density at radius 2 is 1.80 bits per heavy atom. The standard InChI is InChI=1S/C33H29N9O3/c1-21(22-13-15-26(16-14-22)44-20-25-10-6-9-23-7-2-4-11-27(23)25)35-37-33(43)30-29(42(40-36-30)32-31(34)38-45-39-32)19-41-18-17-24-8-3-5-12-28(24)41/h2-16H,17-20H2,1H3,(H2,34,38)(H,37,43)/b35-21-. The summed E-state index contributed by atoms with van der Waals surface area (Å²) in [4.78, 5) is 15.5. The predicted molar refractivity (Wildman–Crippen MR) is 169 cm³/mol. The van der Waals surface area contributed by atoms with E-state index in [0.717, 1.165) is 35.5 Å². The SMILES string of the molecule is C/C(=N/NC(=O)c1nnn(-c2nonc2N)c1CN1CCc2ccccc21)c1ccc(OCc2cccc3ccccc23)cc1. The molecule has 0 fully saturated rings. The Kier molecular flexibility index (Phi) is 7.36. The van der Waals surface area contributed by atoms with E-state index in [1.165, 1.54) is 21.0 Å². The first-order valence-electron chi connectivity index (χ1n) is 14.5. The van der Waals surface area contributed by atoms with Crippen LogP contribution in [0.2, 0.25) is 0 Å². The van der Waals surface area contributed by atoms with E-state index in [2.05, 4.69) is 72.5 Å². The fourth-order valence-electron chi connectivity index (χ4n) is 5.50. The van der Waals surface area contributed by atoms with E-state index in [-0.39, 0.29) is 17.3 Å². The molecule has 0 atom stereocenters. The summed E-state index contributed by atoms with van der Waals surface area (Å²) in [6, 6.07) is 30.2. The normalized spacial score (nSPS) is 12.8. The number of nitrogens with one attached hydrogen (secondary N) is 1. The maximum absolute atomic E-state index is 13.4. The Labute approximate surface area is 258 Å². The lowest BCUT2D eigenvalue weighted by Gasteiger charge is -2.19. The van der Waals surface area contributed by atoms with Crippen LogP contribution in [0.25, 0.3) is 16.6 Å². The Morgan fingerprint density at radius 3 is 2.64 bits per heavy atom. The van der Waals surface area contributed by atoms with Gasteiger partial charge in [-0.3, -0.25) is 4.79 Å². The molecule has 0 saturated carbocycles. The summed E-state index contributed by atoms with van der Waals surface area (Å²) in [5.74, 6) is 0.405. The van der Waals surface area contributed by atoms with Gasteiger partial charge in [-0.15, -0.1) is 5.10 Å². The molecule has 0 spiro atoms. The van der Waals surface area contributed by atoms with Crippen LogP contribution in [0.1, 0.15) is 39.8 Å². The van der Waals surface area contributed by atoms with Crippen LogP contribution in [0, 0.1) is 0 Å². The third kappa shape index (κ3) is 5.56. The number of carbonyl (C=O) groups excluding carboxylic acids is 1. The molecule has 12 heteroatoms. The summed E-state index contributed by atoms with van der Waals surface area (Å²) in [5, 5.41) is 22.5. The number of amides is 1. The van der Waals surface area contributed by atoms with Crippen molar-refractivity contribution < 1.29 is 14.2 Å². The quantitative estimate of drug-likeness (QED) is 0.178. The molecule has 1 amide bonds. The minimum Gasteiger partial charge on any atom is -0.489 e. The summed E-state index contributed by atoms with van der Waals surface area (Å²) < 4.78 is 12.2. The second kappa shape index (κ2) is 11.9. The van der Waals surface area contributed by atoms with Crippen LogP contribution in [-0.4, -0.2) is 43.5 Å². The van der Waals surface area contributed by atoms with E-state index in [4.69, 9.17) is 15.1 Å². The van der Waals surface area contributed by atoms with E-state index in [1.54, 1.807) is 0 Å². The summed E-state index contributed by atoms with van der Waals surface area (Å²) >= 11 is 0. The van der Waals surface area contributed by atoms with Gasteiger partial charge in [0.05, 0.1) is 18.0 Å². The smallest absolute Gasteiger partial charge is 0.293 e. The number of benzene rings is 4. The number of nitrogen functional groups attached to an aromatic ring is 1. The molecule has 0 radical (unpaired) electrons. The largest absolute Gasteiger partial charge is 0.489 e. The van der Waals surface area contributed by atoms with Crippen molar-refractivity contribution in [3.8, 4) is 11.6 Å². The molecule has 45 heavy (non-hydrogen) atoms. The first-order chi connectivity index (χ1) is 22.0. The number of nitrogens with zero attached hydrogens (tertiary/aromatic N) is 7. The maximum Gasteiger partial charge on any atom is 0.293 e. The minimum atomic E-state index is -0.520. The number of rotatable bonds is 9. The summed E-state index contributed by atoms with van der Waals surface area (Å²) in [7, 11) is 0. The summed E-state index contributed by atoms with van der Waals surface area (Å²) in [6.45, 7) is 3.37. The molecular weight excluding hydrogens is 570 g/mol. The van der Waals surface area contributed by atoms with Crippen molar-refractivity contribution in [3.05, 3.63) is 119 Å². The molecule has 0 unspecified atom stereocenters. The average Bonchev–Trinajstić information content (AvgIpc) is 3.81. The number of hydrogen-bond donors (Lipinski definition) is 2. The zero-order chi connectivity index (χ0) is 30.8. The topological polar surface area (TPSA) is 150 Å². The highest BCUT2D eigenvalue weighted by Crippen LogP contribution is 2.30. The molecule has 0 saturated heterocycles. The second-order valence-electron chi connectivity index (χ2n) is 10.7. The molecule has 0 aliphatic carbocycles. The van der Waals surface area contributed by atoms with Gasteiger partial charge in [0.2, 0.25) is 11.6 Å². The molecule has 2 aromatic heterocycles. The van der Waals surface area contributed by atoms with Gasteiger partial charge < -0.3 is 15.4 Å². The first kappa shape index (κ1) is 27.8. The summed E-state index contributed by atoms with van der Waals surface area (Å²) in [5.41, 5.74) is 14.0. The van der Waals surface area contributed by atoms with Gasteiger partial charge in [-0.25, -0.2) is 10.1 Å². The molecule has 0 bridgehead atoms. The first-order valence-corrected chi connectivity index (χ1v) is 14.5. The highest BCUT2D eigenvalue weighted by molar-refractivity contribution is 6.00. The van der Waals surface area contributed by atoms with Crippen molar-refractivity contribution in [2.75, 3.05) is 17.2 Å². The number of para-hydroxylation sites is 1. The van der Waals surface area contributed by atoms with Gasteiger partial charge in [-0.05, 0) is 81.5 Å². The van der Waals surface area contributed by atoms with Crippen LogP contribution in [0.5, 0.6) is 5.75 Å². The second-order valence-corrected chi connectivity index (χ2v) is 10.7. The minimum absolute atomic E-state index is 0.0355. The van der Waals surface area contributed by atoms with Crippen molar-refractivity contribution in [3.63, 3.8) is 0 Å². The van der Waals surface area contributed by atoms with E-state index < -0.39 is 5.91 Å². The monoisotopic (exact) mass is 599 g/mol. The molecule has 7 rings (SSSR count). The Morgan fingerprint density at radius 1 is 1.00 bits per heavy atom. The fraction of sp³-hybridized carbons (Fsp3) is 0.152. The van der Waals surface area contributed by atoms with E-state index in [1.807, 2.05) is 61.5 Å². The Balaban J connectivity index is 1.06. The number of anilines is 2. The van der Waals surface area contributed by atoms with Gasteiger partial charge in [0.15, 0.2) is 5.69 Å². The number of nitrogens with two attached hydrogens (primary N) is 1. The van der Waals surface area contributed by atoms with Gasteiger partial charge in [0, 0.05) is 12.2 Å². The lowest BCUT2D eigenvalue weighted by molar-refractivity contribution is 0.0948. The number of hydrogen-bond acceptors (Lipinski definition) is 10. The van der Waals surface area contributed by atoms with Gasteiger partial charge in [-0.1, -0.05) is 65.9 Å². The van der Waals surface area contributed by atoms with Crippen molar-refractivity contribution in [2.45, 2.75) is 26.5 Å². The number of fused-ring (bicyclic) bond motifs is 2. The number of hydrazone groups is 1. The van der Waals surface area contributed by atoms with E-state index in [9.17, 15) is 4.79 Å². The molecule has 6 aromatic rings. The molecule has 3 heterocycles. The molecule has 224 valence electrons. The molecule has 12 nitrogen and oxygen atoms in total. The highest BCUT2D eigenvalue weighted by atomic mass is 16.6. The highest BCUT2D eigenvalue weighted by Gasteiger charge is 2.28. The molecular formula is C33H29N9O3. The zero-order valence-corrected chi connectivity index (χ0v) is 24.4. The van der Waals surface area contributed by atoms with Crippen LogP contribution >= 0.6 is 0 Å². The van der Waals surface area contributed by atoms with Crippen LogP contribution in [0.3, 0.4) is 0 Å². The van der Waals surface area contributed by atoms with Gasteiger partial charge in [0.1, 0.15) is 12.4 Å². The van der Waals surface area contributed by atoms with Crippen LogP contribution in [0.15, 0.2) is 101 Å². The molecule has 1 aliphatic heterocycles. The Hall–Kier alpha value is -6.04. The number of aromatic nitrogens is 5. The summed E-state index contributed by atoms with van der Waals surface area (Å²) in [6.07, 6.45) is 0.892. The van der Waals surface area contributed by atoms with Crippen LogP contribution < -0.4 is 20.8 Å². The van der Waals surface area contributed by atoms with Gasteiger partial charge in [0.25, 0.3) is 5.91 Å². The van der Waals surface area contributed by atoms with Crippen LogP contribution in [-0.2, 0) is 19.6 Å². The molecule has 1 aliphatic rings. The average molecular weight is 600 g/mol. The third-order valence-electron chi connectivity index (χ3n) is 7.87. The van der Waals surface area contributed by atoms with Gasteiger partial charge in [-0.2, -0.15) is 9.78 Å². The van der Waals surface area contributed by atoms with Crippen LogP contribution in [0.4, 0.5) is 11.5 Å². The Bertz CT molecular complexity index is 2030. The number of carbonyl (C=O) groups is 1. The maximum atomic E-state index is 13.4. The molecule has 4 aromatic carbocycles. The number of ether oxygens (including phenoxy) is 1. The lowest BCUT2D eigenvalue weighted by Crippen LogP contribution is -2.26. The van der Waals surface area contributed by atoms with Crippen molar-refractivity contribution in [1.82, 2.24) is 30.7 Å². The fourth-order valence-corrected chi connectivity index (χ4v) is 5.50. The van der Waals surface area contributed by atoms with E-state index in [0.29, 0.717) is 24.6 Å².